The van der Waals surface area contributed by atoms with Gasteiger partial charge in [-0.2, -0.15) is 0 Å². The molecule has 1 aromatic heterocycles. The van der Waals surface area contributed by atoms with E-state index in [0.29, 0.717) is 0 Å². The van der Waals surface area contributed by atoms with Crippen LogP contribution in [0.2, 0.25) is 0 Å². The molecule has 2 rings (SSSR count). The van der Waals surface area contributed by atoms with Crippen LogP contribution in [-0.4, -0.2) is 0 Å². The number of benzene rings is 1. The van der Waals surface area contributed by atoms with Crippen LogP contribution in [0.5, 0.6) is 0 Å². The number of rotatable bonds is 5. The fourth-order valence-electron chi connectivity index (χ4n) is 2.19. The first-order valence-electron chi connectivity index (χ1n) is 6.40. The molecule has 0 spiro atoms. The largest absolute Gasteiger partial charge is 0.464 e. The smallest absolute Gasteiger partial charge is 0.134 e. The predicted molar refractivity (Wildman–Crippen MR) is 71.8 cm³/mol. The van der Waals surface area contributed by atoms with E-state index in [4.69, 9.17) is 10.2 Å². The minimum Gasteiger partial charge on any atom is -0.464 e. The molecule has 92 valence electrons. The summed E-state index contributed by atoms with van der Waals surface area (Å²) in [5.41, 5.74) is 8.31. The molecule has 0 aliphatic carbocycles. The summed E-state index contributed by atoms with van der Waals surface area (Å²) in [6.07, 6.45) is 5.26. The molecular weight excluding hydrogens is 210 g/mol. The Labute approximate surface area is 103 Å². The van der Waals surface area contributed by atoms with Crippen LogP contribution in [0.15, 0.2) is 34.9 Å². The van der Waals surface area contributed by atoms with E-state index in [1.54, 1.807) is 0 Å². The molecule has 0 aliphatic heterocycles. The number of hydrogen-bond acceptors (Lipinski definition) is 2. The van der Waals surface area contributed by atoms with E-state index < -0.39 is 0 Å². The molecule has 0 bridgehead atoms. The van der Waals surface area contributed by atoms with E-state index in [9.17, 15) is 0 Å². The van der Waals surface area contributed by atoms with Crippen molar-refractivity contribution in [1.29, 1.82) is 0 Å². The second-order valence-electron chi connectivity index (χ2n) is 5.12. The summed E-state index contributed by atoms with van der Waals surface area (Å²) in [6.45, 7) is 4.50. The SMILES string of the molecule is CC(C)CCCC(N)c1coc2ccccc12. The lowest BCUT2D eigenvalue weighted by atomic mass is 9.98. The van der Waals surface area contributed by atoms with Crippen molar-refractivity contribution in [2.45, 2.75) is 39.2 Å². The van der Waals surface area contributed by atoms with Gasteiger partial charge in [-0.25, -0.2) is 0 Å². The van der Waals surface area contributed by atoms with Crippen molar-refractivity contribution in [3.8, 4) is 0 Å². The van der Waals surface area contributed by atoms with Gasteiger partial charge in [0.25, 0.3) is 0 Å². The zero-order valence-electron chi connectivity index (χ0n) is 10.6. The molecule has 1 unspecified atom stereocenters. The Morgan fingerprint density at radius 3 is 2.71 bits per heavy atom. The van der Waals surface area contributed by atoms with E-state index in [0.717, 1.165) is 28.9 Å². The Kier molecular flexibility index (Phi) is 3.85. The topological polar surface area (TPSA) is 39.2 Å². The molecule has 0 fully saturated rings. The first-order chi connectivity index (χ1) is 8.18. The van der Waals surface area contributed by atoms with Crippen LogP contribution in [0, 0.1) is 5.92 Å². The highest BCUT2D eigenvalue weighted by Crippen LogP contribution is 2.27. The molecule has 2 nitrogen and oxygen atoms in total. The van der Waals surface area contributed by atoms with Crippen molar-refractivity contribution in [3.63, 3.8) is 0 Å². The summed E-state index contributed by atoms with van der Waals surface area (Å²) >= 11 is 0. The maximum atomic E-state index is 6.23. The normalized spacial score (nSPS) is 13.4. The van der Waals surface area contributed by atoms with E-state index in [-0.39, 0.29) is 6.04 Å². The molecule has 2 N–H and O–H groups in total. The van der Waals surface area contributed by atoms with Gasteiger partial charge in [0.05, 0.1) is 6.26 Å². The number of fused-ring (bicyclic) bond motifs is 1. The zero-order chi connectivity index (χ0) is 12.3. The fraction of sp³-hybridized carbons (Fsp3) is 0.467. The molecule has 0 aliphatic rings. The maximum Gasteiger partial charge on any atom is 0.134 e. The Hall–Kier alpha value is -1.28. The Balaban J connectivity index is 2.06. The Morgan fingerprint density at radius 1 is 1.18 bits per heavy atom. The zero-order valence-corrected chi connectivity index (χ0v) is 10.6. The van der Waals surface area contributed by atoms with Crippen LogP contribution in [0.1, 0.15) is 44.7 Å². The molecule has 1 aromatic carbocycles. The van der Waals surface area contributed by atoms with Crippen LogP contribution in [0.4, 0.5) is 0 Å². The molecule has 1 atom stereocenters. The summed E-state index contributed by atoms with van der Waals surface area (Å²) in [5, 5.41) is 1.16. The van der Waals surface area contributed by atoms with Gasteiger partial charge in [0.1, 0.15) is 5.58 Å². The van der Waals surface area contributed by atoms with E-state index >= 15 is 0 Å². The summed E-state index contributed by atoms with van der Waals surface area (Å²) in [7, 11) is 0. The Bertz CT molecular complexity index is 472. The number of nitrogens with two attached hydrogens (primary N) is 1. The molecule has 17 heavy (non-hydrogen) atoms. The van der Waals surface area contributed by atoms with Gasteiger partial charge in [-0.05, 0) is 18.4 Å². The summed E-state index contributed by atoms with van der Waals surface area (Å²) in [4.78, 5) is 0. The van der Waals surface area contributed by atoms with Crippen molar-refractivity contribution >= 4 is 11.0 Å². The monoisotopic (exact) mass is 231 g/mol. The molecule has 2 heteroatoms. The van der Waals surface area contributed by atoms with Gasteiger partial charge >= 0.3 is 0 Å². The first-order valence-corrected chi connectivity index (χ1v) is 6.40. The van der Waals surface area contributed by atoms with Gasteiger partial charge in [0, 0.05) is 17.0 Å². The Morgan fingerprint density at radius 2 is 1.94 bits per heavy atom. The van der Waals surface area contributed by atoms with Crippen LogP contribution in [0.25, 0.3) is 11.0 Å². The predicted octanol–water partition coefficient (Wildman–Crippen LogP) is 4.26. The highest BCUT2D eigenvalue weighted by Gasteiger charge is 2.12. The average molecular weight is 231 g/mol. The van der Waals surface area contributed by atoms with E-state index in [1.807, 2.05) is 24.5 Å². The molecule has 0 radical (unpaired) electrons. The number of para-hydroxylation sites is 1. The van der Waals surface area contributed by atoms with Gasteiger partial charge < -0.3 is 10.2 Å². The van der Waals surface area contributed by atoms with Crippen molar-refractivity contribution in [2.75, 3.05) is 0 Å². The van der Waals surface area contributed by atoms with Gasteiger partial charge in [0.2, 0.25) is 0 Å². The summed E-state index contributed by atoms with van der Waals surface area (Å²) in [5.74, 6) is 0.753. The van der Waals surface area contributed by atoms with Crippen LogP contribution < -0.4 is 5.73 Å². The molecule has 0 saturated carbocycles. The lowest BCUT2D eigenvalue weighted by molar-refractivity contribution is 0.502. The molecule has 2 aromatic rings. The van der Waals surface area contributed by atoms with Gasteiger partial charge in [-0.15, -0.1) is 0 Å². The summed E-state index contributed by atoms with van der Waals surface area (Å²) in [6, 6.07) is 8.18. The van der Waals surface area contributed by atoms with Crippen molar-refractivity contribution in [3.05, 3.63) is 36.1 Å². The van der Waals surface area contributed by atoms with Gasteiger partial charge in [-0.3, -0.25) is 0 Å². The minimum atomic E-state index is 0.0948. The van der Waals surface area contributed by atoms with Gasteiger partial charge in [0.15, 0.2) is 0 Å². The standard InChI is InChI=1S/C15H21NO/c1-11(2)6-5-8-14(16)13-10-17-15-9-4-3-7-12(13)15/h3-4,7,9-11,14H,5-6,8,16H2,1-2H3. The quantitative estimate of drug-likeness (QED) is 0.835. The average Bonchev–Trinajstić information content (AvgIpc) is 2.72. The number of hydrogen-bond donors (Lipinski definition) is 1. The lowest BCUT2D eigenvalue weighted by Gasteiger charge is -2.11. The second-order valence-corrected chi connectivity index (χ2v) is 5.12. The van der Waals surface area contributed by atoms with E-state index in [1.165, 1.54) is 12.8 Å². The van der Waals surface area contributed by atoms with E-state index in [2.05, 4.69) is 19.9 Å². The third-order valence-corrected chi connectivity index (χ3v) is 3.21. The third kappa shape index (κ3) is 2.89. The highest BCUT2D eigenvalue weighted by atomic mass is 16.3. The minimum absolute atomic E-state index is 0.0948. The van der Waals surface area contributed by atoms with Crippen LogP contribution in [-0.2, 0) is 0 Å². The van der Waals surface area contributed by atoms with Gasteiger partial charge in [-0.1, -0.05) is 44.9 Å². The van der Waals surface area contributed by atoms with Crippen LogP contribution >= 0.6 is 0 Å². The van der Waals surface area contributed by atoms with Crippen molar-refractivity contribution < 1.29 is 4.42 Å². The number of furan rings is 1. The van der Waals surface area contributed by atoms with Crippen LogP contribution in [0.3, 0.4) is 0 Å². The maximum absolute atomic E-state index is 6.23. The molecular formula is C15H21NO. The molecule has 0 saturated heterocycles. The summed E-state index contributed by atoms with van der Waals surface area (Å²) < 4.78 is 5.52. The fourth-order valence-corrected chi connectivity index (χ4v) is 2.19. The van der Waals surface area contributed by atoms with Crippen molar-refractivity contribution in [2.24, 2.45) is 11.7 Å². The molecule has 0 amide bonds. The lowest BCUT2D eigenvalue weighted by Crippen LogP contribution is -2.09. The molecule has 1 heterocycles. The third-order valence-electron chi connectivity index (χ3n) is 3.21. The highest BCUT2D eigenvalue weighted by molar-refractivity contribution is 5.81. The first kappa shape index (κ1) is 12.2. The van der Waals surface area contributed by atoms with Crippen molar-refractivity contribution in [1.82, 2.24) is 0 Å². The second kappa shape index (κ2) is 5.37.